The quantitative estimate of drug-likeness (QED) is 0.240. The molecule has 9 nitrogen and oxygen atoms in total. The van der Waals surface area contributed by atoms with Gasteiger partial charge in [-0.3, -0.25) is 10.1 Å². The molecule has 1 saturated carbocycles. The van der Waals surface area contributed by atoms with Crippen LogP contribution in [0, 0.1) is 16.0 Å². The predicted molar refractivity (Wildman–Crippen MR) is 142 cm³/mol. The Morgan fingerprint density at radius 3 is 2.72 bits per heavy atom. The highest BCUT2D eigenvalue weighted by atomic mass is 32.1. The third kappa shape index (κ3) is 4.59. The van der Waals surface area contributed by atoms with Gasteiger partial charge in [-0.15, -0.1) is 11.3 Å². The molecular weight excluding hydrogens is 478 g/mol. The van der Waals surface area contributed by atoms with Crippen molar-refractivity contribution in [2.24, 2.45) is 5.92 Å². The highest BCUT2D eigenvalue weighted by molar-refractivity contribution is 7.20. The Kier molecular flexibility index (Phi) is 6.98. The summed E-state index contributed by atoms with van der Waals surface area (Å²) in [6.07, 6.45) is 8.93. The zero-order valence-electron chi connectivity index (χ0n) is 21.1. The molecule has 36 heavy (non-hydrogen) atoms. The molecule has 1 saturated heterocycles. The van der Waals surface area contributed by atoms with Gasteiger partial charge in [-0.25, -0.2) is 9.78 Å². The van der Waals surface area contributed by atoms with Crippen LogP contribution in [-0.4, -0.2) is 66.2 Å². The average Bonchev–Trinajstić information content (AvgIpc) is 3.59. The summed E-state index contributed by atoms with van der Waals surface area (Å²) in [6, 6.07) is 6.30. The largest absolute Gasteiger partial charge is 0.465 e. The Hall–Kier alpha value is -2.98. The van der Waals surface area contributed by atoms with Gasteiger partial charge in [-0.2, -0.15) is 0 Å². The fourth-order valence-electron chi connectivity index (χ4n) is 5.80. The molecule has 3 aromatic rings. The lowest BCUT2D eigenvalue weighted by molar-refractivity contribution is -0.384. The summed E-state index contributed by atoms with van der Waals surface area (Å²) in [7, 11) is 5.36. The number of benzene rings is 1. The number of anilines is 1. The van der Waals surface area contributed by atoms with Gasteiger partial charge in [0.25, 0.3) is 0 Å². The summed E-state index contributed by atoms with van der Waals surface area (Å²) in [5.74, 6) is -0.229. The monoisotopic (exact) mass is 511 g/mol. The van der Waals surface area contributed by atoms with Crippen LogP contribution < -0.4 is 4.90 Å². The molecule has 192 valence electrons. The van der Waals surface area contributed by atoms with Crippen LogP contribution in [0.15, 0.2) is 24.5 Å². The number of carbonyl (C=O) groups excluding carboxylic acids is 1. The minimum atomic E-state index is -0.669. The Balaban J connectivity index is 1.56. The van der Waals surface area contributed by atoms with Crippen molar-refractivity contribution in [3.8, 4) is 10.4 Å². The van der Waals surface area contributed by atoms with Gasteiger partial charge < -0.3 is 19.1 Å². The molecule has 1 aliphatic carbocycles. The highest BCUT2D eigenvalue weighted by Gasteiger charge is 2.38. The number of nitrogens with zero attached hydrogens (tertiary/aromatic N) is 5. The first-order valence-electron chi connectivity index (χ1n) is 12.6. The van der Waals surface area contributed by atoms with Gasteiger partial charge in [0.2, 0.25) is 0 Å². The maximum Gasteiger partial charge on any atom is 0.347 e. The van der Waals surface area contributed by atoms with Crippen LogP contribution in [0.2, 0.25) is 0 Å². The predicted octanol–water partition coefficient (Wildman–Crippen LogP) is 5.35. The number of esters is 1. The molecule has 1 aromatic carbocycles. The van der Waals surface area contributed by atoms with Gasteiger partial charge >= 0.3 is 11.7 Å². The van der Waals surface area contributed by atoms with E-state index in [2.05, 4.69) is 19.4 Å². The van der Waals surface area contributed by atoms with Gasteiger partial charge in [0.05, 0.1) is 29.4 Å². The highest BCUT2D eigenvalue weighted by Crippen LogP contribution is 2.49. The zero-order chi connectivity index (χ0) is 25.4. The third-order valence-corrected chi connectivity index (χ3v) is 8.73. The van der Waals surface area contributed by atoms with E-state index in [4.69, 9.17) is 4.74 Å². The molecule has 5 rings (SSSR count). The van der Waals surface area contributed by atoms with Crippen molar-refractivity contribution in [2.45, 2.75) is 44.6 Å². The van der Waals surface area contributed by atoms with Crippen molar-refractivity contribution in [3.05, 3.63) is 40.2 Å². The second kappa shape index (κ2) is 10.2. The van der Waals surface area contributed by atoms with Crippen molar-refractivity contribution < 1.29 is 14.5 Å². The van der Waals surface area contributed by atoms with Crippen LogP contribution in [0.4, 0.5) is 10.7 Å². The molecule has 0 N–H and O–H groups in total. The number of rotatable bonds is 7. The van der Waals surface area contributed by atoms with Crippen LogP contribution >= 0.6 is 11.3 Å². The molecule has 10 heteroatoms. The minimum absolute atomic E-state index is 0.0563. The lowest BCUT2D eigenvalue weighted by Crippen LogP contribution is -2.26. The van der Waals surface area contributed by atoms with Crippen molar-refractivity contribution in [1.82, 2.24) is 14.5 Å². The van der Waals surface area contributed by atoms with E-state index in [1.807, 2.05) is 38.6 Å². The fourth-order valence-corrected chi connectivity index (χ4v) is 7.08. The molecule has 0 bridgehead atoms. The van der Waals surface area contributed by atoms with E-state index in [9.17, 15) is 14.9 Å². The lowest BCUT2D eigenvalue weighted by Gasteiger charge is -2.23. The average molecular weight is 512 g/mol. The maximum absolute atomic E-state index is 12.8. The summed E-state index contributed by atoms with van der Waals surface area (Å²) in [6.45, 7) is 2.44. The van der Waals surface area contributed by atoms with Gasteiger partial charge in [0.1, 0.15) is 9.88 Å². The second-order valence-corrected chi connectivity index (χ2v) is 11.2. The third-order valence-electron chi connectivity index (χ3n) is 7.44. The first-order chi connectivity index (χ1) is 17.4. The van der Waals surface area contributed by atoms with Crippen LogP contribution in [0.3, 0.4) is 0 Å². The van der Waals surface area contributed by atoms with Gasteiger partial charge in [-0.05, 0) is 51.4 Å². The summed E-state index contributed by atoms with van der Waals surface area (Å²) < 4.78 is 7.27. The van der Waals surface area contributed by atoms with Crippen LogP contribution in [0.5, 0.6) is 0 Å². The van der Waals surface area contributed by atoms with Crippen molar-refractivity contribution >= 4 is 39.0 Å². The number of ether oxygens (including phenoxy) is 1. The lowest BCUT2D eigenvalue weighted by atomic mass is 9.95. The van der Waals surface area contributed by atoms with E-state index in [1.54, 1.807) is 0 Å². The molecule has 2 aliphatic rings. The molecule has 1 aliphatic heterocycles. The number of thiophene rings is 1. The molecular formula is C26H33N5O4S. The number of carbonyl (C=O) groups is 1. The SMILES string of the molecule is COC(=O)c1c(N2CCC(CN(C)C)C2)sc(-c2ccc3c(c2)ncn3C2CCCCC2)c1[N+](=O)[O-]. The number of fused-ring (bicyclic) bond motifs is 1. The number of hydrogen-bond donors (Lipinski definition) is 0. The van der Waals surface area contributed by atoms with E-state index in [1.165, 1.54) is 37.7 Å². The van der Waals surface area contributed by atoms with Crippen molar-refractivity contribution in [1.29, 1.82) is 0 Å². The van der Waals surface area contributed by atoms with Gasteiger partial charge in [-0.1, -0.05) is 25.3 Å². The second-order valence-electron chi connectivity index (χ2n) is 10.2. The summed E-state index contributed by atoms with van der Waals surface area (Å²) in [5.41, 5.74) is 2.44. The minimum Gasteiger partial charge on any atom is -0.465 e. The molecule has 0 amide bonds. The normalized spacial score (nSPS) is 18.9. The number of aromatic nitrogens is 2. The van der Waals surface area contributed by atoms with Crippen molar-refractivity contribution in [2.75, 3.05) is 45.7 Å². The van der Waals surface area contributed by atoms with Gasteiger partial charge in [0.15, 0.2) is 5.56 Å². The molecule has 0 radical (unpaired) electrons. The van der Waals surface area contributed by atoms with E-state index < -0.39 is 10.9 Å². The van der Waals surface area contributed by atoms with Crippen molar-refractivity contribution in [3.63, 3.8) is 0 Å². The van der Waals surface area contributed by atoms with Crippen LogP contribution in [0.1, 0.15) is 54.9 Å². The van der Waals surface area contributed by atoms with Gasteiger partial charge in [0, 0.05) is 31.2 Å². The van der Waals surface area contributed by atoms with E-state index in [-0.39, 0.29) is 11.3 Å². The fraction of sp³-hybridized carbons (Fsp3) is 0.538. The Bertz CT molecular complexity index is 1280. The number of methoxy groups -OCH3 is 1. The smallest absolute Gasteiger partial charge is 0.347 e. The first-order valence-corrected chi connectivity index (χ1v) is 13.4. The summed E-state index contributed by atoms with van der Waals surface area (Å²) in [5, 5.41) is 12.9. The van der Waals surface area contributed by atoms with E-state index >= 15 is 0 Å². The number of imidazole rings is 1. The molecule has 0 spiro atoms. The zero-order valence-corrected chi connectivity index (χ0v) is 21.9. The Morgan fingerprint density at radius 2 is 2.03 bits per heavy atom. The standard InChI is InChI=1S/C26H33N5O4S/c1-28(2)14-17-11-12-29(15-17)25-22(26(32)35-3)23(31(33)34)24(36-25)18-9-10-21-20(13-18)27-16-30(21)19-7-5-4-6-8-19/h9-10,13,16-17,19H,4-8,11-12,14-15H2,1-3H3. The van der Waals surface area contributed by atoms with Crippen LogP contribution in [-0.2, 0) is 4.74 Å². The van der Waals surface area contributed by atoms with E-state index in [0.717, 1.165) is 49.9 Å². The number of hydrogen-bond acceptors (Lipinski definition) is 8. The first kappa shape index (κ1) is 24.7. The summed E-state index contributed by atoms with van der Waals surface area (Å²) >= 11 is 1.31. The van der Waals surface area contributed by atoms with Crippen LogP contribution in [0.25, 0.3) is 21.5 Å². The Morgan fingerprint density at radius 1 is 1.25 bits per heavy atom. The molecule has 2 fully saturated rings. The summed E-state index contributed by atoms with van der Waals surface area (Å²) in [4.78, 5) is 34.1. The maximum atomic E-state index is 12.8. The number of nitro groups is 1. The van der Waals surface area contributed by atoms with E-state index in [0.29, 0.717) is 27.4 Å². The Labute approximate surface area is 214 Å². The molecule has 1 atom stereocenters. The topological polar surface area (TPSA) is 93.7 Å². The molecule has 3 heterocycles. The molecule has 1 unspecified atom stereocenters. The molecule has 2 aromatic heterocycles.